The third kappa shape index (κ3) is 2.50. The Kier molecular flexibility index (Phi) is 4.03. The number of rotatable bonds is 3. The molecule has 0 nitrogen and oxygen atoms in total. The Morgan fingerprint density at radius 1 is 0.857 bits per heavy atom. The Morgan fingerprint density at radius 3 is 2.46 bits per heavy atom. The molecule has 5 rings (SSSR count). The molecular formula is C27H26Si. The molecule has 0 aromatic heterocycles. The summed E-state index contributed by atoms with van der Waals surface area (Å²) in [5, 5.41) is 1.62. The van der Waals surface area contributed by atoms with Gasteiger partial charge in [-0.15, -0.1) is 0 Å². The average Bonchev–Trinajstić information content (AvgIpc) is 3.26. The predicted molar refractivity (Wildman–Crippen MR) is 124 cm³/mol. The first kappa shape index (κ1) is 17.5. The third-order valence-corrected chi connectivity index (χ3v) is 10.5. The van der Waals surface area contributed by atoms with Crippen LogP contribution in [0.1, 0.15) is 34.7 Å². The van der Waals surface area contributed by atoms with Crippen molar-refractivity contribution < 1.29 is 0 Å². The maximum atomic E-state index is 2.57. The fraction of sp³-hybridized carbons (Fsp3) is 0.185. The second-order valence-electron chi connectivity index (χ2n) is 8.59. The highest BCUT2D eigenvalue weighted by atomic mass is 28.3. The zero-order valence-electron chi connectivity index (χ0n) is 16.9. The van der Waals surface area contributed by atoms with Crippen molar-refractivity contribution in [1.82, 2.24) is 0 Å². The molecule has 1 unspecified atom stereocenters. The first-order valence-electron chi connectivity index (χ1n) is 10.2. The topological polar surface area (TPSA) is 0 Å². The highest BCUT2D eigenvalue weighted by molar-refractivity contribution is 6.92. The van der Waals surface area contributed by atoms with Gasteiger partial charge in [0.05, 0.1) is 8.07 Å². The predicted octanol–water partition coefficient (Wildman–Crippen LogP) is 6.47. The second-order valence-corrected chi connectivity index (χ2v) is 13.2. The summed E-state index contributed by atoms with van der Waals surface area (Å²) in [4.78, 5) is 0. The van der Waals surface area contributed by atoms with Gasteiger partial charge in [-0.3, -0.25) is 0 Å². The summed E-state index contributed by atoms with van der Waals surface area (Å²) in [6.07, 6.45) is 8.01. The summed E-state index contributed by atoms with van der Waals surface area (Å²) >= 11 is 0. The van der Waals surface area contributed by atoms with E-state index in [4.69, 9.17) is 0 Å². The molecule has 3 aromatic rings. The quantitative estimate of drug-likeness (QED) is 0.358. The summed E-state index contributed by atoms with van der Waals surface area (Å²) in [6.45, 7) is 7.26. The molecule has 0 saturated carbocycles. The Balaban J connectivity index is 1.67. The zero-order valence-corrected chi connectivity index (χ0v) is 17.9. The summed E-state index contributed by atoms with van der Waals surface area (Å²) in [5.74, 6) is 0. The van der Waals surface area contributed by atoms with E-state index >= 15 is 0 Å². The maximum Gasteiger partial charge on any atom is 0.0931 e. The monoisotopic (exact) mass is 378 g/mol. The summed E-state index contributed by atoms with van der Waals surface area (Å²) in [6, 6.07) is 24.9. The van der Waals surface area contributed by atoms with Crippen LogP contribution in [0.15, 0.2) is 84.5 Å². The van der Waals surface area contributed by atoms with E-state index in [1.165, 1.54) is 33.4 Å². The summed E-state index contributed by atoms with van der Waals surface area (Å²) in [5.41, 5.74) is 10.8. The minimum absolute atomic E-state index is 0.509. The van der Waals surface area contributed by atoms with E-state index in [-0.39, 0.29) is 0 Å². The van der Waals surface area contributed by atoms with Gasteiger partial charge in [-0.1, -0.05) is 103 Å². The molecule has 0 N–H and O–H groups in total. The standard InChI is InChI=1S/C27H26Si/c1-4-10-21-17-19-11-6-8-14-23(19)27(21)28(2,3)26-16-9-15-24-22-13-7-5-12-20(22)18-25(24)26/h4-17,27H,18H2,1-3H3. The molecule has 1 heteroatoms. The molecule has 2 aliphatic rings. The van der Waals surface area contributed by atoms with Crippen LogP contribution >= 0.6 is 0 Å². The number of hydrogen-bond donors (Lipinski definition) is 0. The minimum Gasteiger partial charge on any atom is -0.0874 e. The van der Waals surface area contributed by atoms with Crippen molar-refractivity contribution in [2.75, 3.05) is 0 Å². The third-order valence-electron chi connectivity index (χ3n) is 6.59. The molecule has 0 fully saturated rings. The van der Waals surface area contributed by atoms with Gasteiger partial charge in [-0.2, -0.15) is 0 Å². The first-order valence-corrected chi connectivity index (χ1v) is 13.3. The lowest BCUT2D eigenvalue weighted by Gasteiger charge is -2.34. The summed E-state index contributed by atoms with van der Waals surface area (Å²) < 4.78 is 0. The van der Waals surface area contributed by atoms with E-state index in [0.29, 0.717) is 5.54 Å². The van der Waals surface area contributed by atoms with E-state index in [9.17, 15) is 0 Å². The van der Waals surface area contributed by atoms with Gasteiger partial charge < -0.3 is 0 Å². The van der Waals surface area contributed by atoms with Crippen molar-refractivity contribution in [1.29, 1.82) is 0 Å². The highest BCUT2D eigenvalue weighted by Gasteiger charge is 2.42. The molecule has 0 bridgehead atoms. The van der Waals surface area contributed by atoms with Crippen molar-refractivity contribution in [2.24, 2.45) is 0 Å². The van der Waals surface area contributed by atoms with Crippen molar-refractivity contribution >= 4 is 19.3 Å². The average molecular weight is 379 g/mol. The Morgan fingerprint density at radius 2 is 1.61 bits per heavy atom. The van der Waals surface area contributed by atoms with Crippen LogP contribution in [-0.2, 0) is 6.42 Å². The fourth-order valence-electron chi connectivity index (χ4n) is 5.41. The van der Waals surface area contributed by atoms with Crippen molar-refractivity contribution in [3.63, 3.8) is 0 Å². The van der Waals surface area contributed by atoms with E-state index in [1.54, 1.807) is 10.8 Å². The Labute approximate surface area is 169 Å². The molecule has 138 valence electrons. The van der Waals surface area contributed by atoms with Gasteiger partial charge in [0.2, 0.25) is 0 Å². The van der Waals surface area contributed by atoms with E-state index < -0.39 is 8.07 Å². The van der Waals surface area contributed by atoms with Gasteiger partial charge in [0.25, 0.3) is 0 Å². The van der Waals surface area contributed by atoms with Crippen LogP contribution < -0.4 is 5.19 Å². The molecule has 0 amide bonds. The Bertz CT molecular complexity index is 1130. The first-order chi connectivity index (χ1) is 13.6. The largest absolute Gasteiger partial charge is 0.0931 e. The molecule has 3 aromatic carbocycles. The SMILES string of the molecule is CC=CC1=Cc2ccccc2C1[Si](C)(C)c1cccc2c1Cc1ccccc1-2. The van der Waals surface area contributed by atoms with Crippen molar-refractivity contribution in [3.8, 4) is 11.1 Å². The molecule has 0 heterocycles. The Hall–Kier alpha value is -2.64. The molecule has 2 aliphatic carbocycles. The smallest absolute Gasteiger partial charge is 0.0874 e. The van der Waals surface area contributed by atoms with Crippen LogP contribution in [0.3, 0.4) is 0 Å². The molecule has 0 aliphatic heterocycles. The number of hydrogen-bond acceptors (Lipinski definition) is 0. The summed E-state index contributed by atoms with van der Waals surface area (Å²) in [7, 11) is -1.81. The van der Waals surface area contributed by atoms with Gasteiger partial charge in [0.15, 0.2) is 0 Å². The number of fused-ring (bicyclic) bond motifs is 4. The van der Waals surface area contributed by atoms with E-state index in [0.717, 1.165) is 6.42 Å². The van der Waals surface area contributed by atoms with Crippen LogP contribution in [0.4, 0.5) is 0 Å². The fourth-order valence-corrected chi connectivity index (χ4v) is 9.30. The maximum absolute atomic E-state index is 2.57. The lowest BCUT2D eigenvalue weighted by Crippen LogP contribution is -2.49. The molecule has 28 heavy (non-hydrogen) atoms. The van der Waals surface area contributed by atoms with Crippen LogP contribution in [0.5, 0.6) is 0 Å². The van der Waals surface area contributed by atoms with E-state index in [2.05, 4.69) is 105 Å². The number of benzene rings is 3. The normalized spacial score (nSPS) is 17.4. The van der Waals surface area contributed by atoms with Crippen LogP contribution in [0.25, 0.3) is 17.2 Å². The lowest BCUT2D eigenvalue weighted by atomic mass is 10.1. The molecule has 0 radical (unpaired) electrons. The molecule has 1 atom stereocenters. The molecule has 0 saturated heterocycles. The van der Waals surface area contributed by atoms with Gasteiger partial charge in [-0.05, 0) is 52.3 Å². The number of allylic oxidation sites excluding steroid dienone is 3. The lowest BCUT2D eigenvalue weighted by molar-refractivity contribution is 1.11. The van der Waals surface area contributed by atoms with Crippen molar-refractivity contribution in [3.05, 3.63) is 107 Å². The van der Waals surface area contributed by atoms with Crippen LogP contribution in [0.2, 0.25) is 13.1 Å². The second kappa shape index (κ2) is 6.46. The van der Waals surface area contributed by atoms with Gasteiger partial charge in [0, 0.05) is 5.54 Å². The highest BCUT2D eigenvalue weighted by Crippen LogP contribution is 2.44. The zero-order chi connectivity index (χ0) is 19.3. The van der Waals surface area contributed by atoms with Crippen LogP contribution in [-0.4, -0.2) is 8.07 Å². The molecule has 0 spiro atoms. The van der Waals surface area contributed by atoms with Crippen LogP contribution in [0, 0.1) is 0 Å². The van der Waals surface area contributed by atoms with Gasteiger partial charge >= 0.3 is 0 Å². The minimum atomic E-state index is -1.81. The molecular weight excluding hydrogens is 352 g/mol. The van der Waals surface area contributed by atoms with Gasteiger partial charge in [0.1, 0.15) is 0 Å². The van der Waals surface area contributed by atoms with E-state index in [1.807, 2.05) is 0 Å². The van der Waals surface area contributed by atoms with Gasteiger partial charge in [-0.25, -0.2) is 0 Å². The van der Waals surface area contributed by atoms with Crippen molar-refractivity contribution in [2.45, 2.75) is 32.0 Å².